The molecule has 0 aliphatic heterocycles. The predicted molar refractivity (Wildman–Crippen MR) is 180 cm³/mol. The van der Waals surface area contributed by atoms with Gasteiger partial charge in [-0.05, 0) is 78.6 Å². The number of anilines is 1. The quantitative estimate of drug-likeness (QED) is 0.177. The average molecular weight is 678 g/mol. The maximum Gasteiger partial charge on any atom is 0.264 e. The summed E-state index contributed by atoms with van der Waals surface area (Å²) in [5.41, 5.74) is 1.59. The van der Waals surface area contributed by atoms with Crippen molar-refractivity contribution in [1.29, 1.82) is 0 Å². The van der Waals surface area contributed by atoms with Crippen LogP contribution in [0.5, 0.6) is 5.75 Å². The van der Waals surface area contributed by atoms with Crippen molar-refractivity contribution in [2.24, 2.45) is 0 Å². The highest BCUT2D eigenvalue weighted by molar-refractivity contribution is 7.92. The van der Waals surface area contributed by atoms with Gasteiger partial charge in [0.25, 0.3) is 10.0 Å². The number of nitrogens with one attached hydrogen (secondary N) is 1. The number of nitrogens with zero attached hydrogens (tertiary/aromatic N) is 2. The molecule has 0 bridgehead atoms. The highest BCUT2D eigenvalue weighted by Crippen LogP contribution is 2.28. The second kappa shape index (κ2) is 15.5. The molecule has 5 rings (SSSR count). The molecule has 246 valence electrons. The molecular formula is C36H37ClFN3O5S. The monoisotopic (exact) mass is 677 g/mol. The third-order valence-corrected chi connectivity index (χ3v) is 10.3. The summed E-state index contributed by atoms with van der Waals surface area (Å²) in [6.45, 7) is -0.682. The van der Waals surface area contributed by atoms with Gasteiger partial charge in [-0.15, -0.1) is 0 Å². The van der Waals surface area contributed by atoms with Crippen LogP contribution in [-0.4, -0.2) is 50.9 Å². The minimum Gasteiger partial charge on any atom is -0.497 e. The third-order valence-electron chi connectivity index (χ3n) is 8.26. The Morgan fingerprint density at radius 1 is 0.915 bits per heavy atom. The van der Waals surface area contributed by atoms with Crippen molar-refractivity contribution in [2.75, 3.05) is 18.0 Å². The molecule has 0 saturated heterocycles. The minimum atomic E-state index is -4.30. The van der Waals surface area contributed by atoms with E-state index < -0.39 is 34.3 Å². The Hall–Kier alpha value is -4.41. The number of carbonyl (C=O) groups excluding carboxylic acids is 2. The fourth-order valence-corrected chi connectivity index (χ4v) is 7.33. The normalized spacial score (nSPS) is 13.9. The van der Waals surface area contributed by atoms with Gasteiger partial charge in [-0.3, -0.25) is 13.9 Å². The van der Waals surface area contributed by atoms with Crippen LogP contribution in [0.4, 0.5) is 10.1 Å². The SMILES string of the molecule is COc1ccc(S(=O)(=O)N(CC(=O)N(Cc2ccc(F)cc2)[C@@H](Cc2ccccc2)C(=O)NC2CCCC2)c2cccc(Cl)c2)cc1. The van der Waals surface area contributed by atoms with Gasteiger partial charge < -0.3 is 15.0 Å². The van der Waals surface area contributed by atoms with Crippen LogP contribution in [0.2, 0.25) is 5.02 Å². The van der Waals surface area contributed by atoms with Gasteiger partial charge in [0.05, 0.1) is 17.7 Å². The molecule has 0 heterocycles. The van der Waals surface area contributed by atoms with Crippen molar-refractivity contribution in [1.82, 2.24) is 10.2 Å². The van der Waals surface area contributed by atoms with E-state index in [0.29, 0.717) is 11.3 Å². The first-order valence-corrected chi connectivity index (χ1v) is 17.3. The van der Waals surface area contributed by atoms with E-state index in [9.17, 15) is 22.4 Å². The number of benzene rings is 4. The summed E-state index contributed by atoms with van der Waals surface area (Å²) >= 11 is 6.29. The Morgan fingerprint density at radius 3 is 2.23 bits per heavy atom. The van der Waals surface area contributed by atoms with Crippen LogP contribution in [0.15, 0.2) is 108 Å². The van der Waals surface area contributed by atoms with E-state index >= 15 is 0 Å². The zero-order valence-corrected chi connectivity index (χ0v) is 27.6. The Bertz CT molecular complexity index is 1770. The van der Waals surface area contributed by atoms with E-state index in [2.05, 4.69) is 5.32 Å². The van der Waals surface area contributed by atoms with Crippen LogP contribution in [0, 0.1) is 5.82 Å². The summed E-state index contributed by atoms with van der Waals surface area (Å²) < 4.78 is 48.4. The van der Waals surface area contributed by atoms with Crippen LogP contribution in [0.25, 0.3) is 0 Å². The Labute approximate surface area is 280 Å². The number of carbonyl (C=O) groups is 2. The molecule has 2 amide bonds. The van der Waals surface area contributed by atoms with Gasteiger partial charge in [-0.2, -0.15) is 0 Å². The van der Waals surface area contributed by atoms with Crippen molar-refractivity contribution in [2.45, 2.75) is 55.6 Å². The first-order valence-electron chi connectivity index (χ1n) is 15.4. The summed E-state index contributed by atoms with van der Waals surface area (Å²) in [4.78, 5) is 29.9. The van der Waals surface area contributed by atoms with Crippen LogP contribution < -0.4 is 14.4 Å². The van der Waals surface area contributed by atoms with Gasteiger partial charge in [0.2, 0.25) is 11.8 Å². The van der Waals surface area contributed by atoms with Crippen molar-refractivity contribution >= 4 is 39.1 Å². The number of methoxy groups -OCH3 is 1. The number of rotatable bonds is 13. The lowest BCUT2D eigenvalue weighted by Crippen LogP contribution is -2.54. The van der Waals surface area contributed by atoms with E-state index in [4.69, 9.17) is 16.3 Å². The molecule has 4 aromatic rings. The smallest absolute Gasteiger partial charge is 0.264 e. The lowest BCUT2D eigenvalue weighted by atomic mass is 10.0. The highest BCUT2D eigenvalue weighted by Gasteiger charge is 2.35. The van der Waals surface area contributed by atoms with Gasteiger partial charge in [0.1, 0.15) is 24.2 Å². The molecular weight excluding hydrogens is 641 g/mol. The molecule has 1 aliphatic rings. The molecule has 11 heteroatoms. The number of ether oxygens (including phenoxy) is 1. The van der Waals surface area contributed by atoms with E-state index in [1.807, 2.05) is 30.3 Å². The number of hydrogen-bond donors (Lipinski definition) is 1. The largest absolute Gasteiger partial charge is 0.497 e. The Balaban J connectivity index is 1.56. The lowest BCUT2D eigenvalue weighted by Gasteiger charge is -2.34. The highest BCUT2D eigenvalue weighted by atomic mass is 35.5. The molecule has 0 radical (unpaired) electrons. The van der Waals surface area contributed by atoms with Gasteiger partial charge in [-0.1, -0.05) is 73.0 Å². The number of hydrogen-bond acceptors (Lipinski definition) is 5. The molecule has 1 aliphatic carbocycles. The first kappa shape index (κ1) is 33.9. The van der Waals surface area contributed by atoms with Gasteiger partial charge in [0, 0.05) is 24.0 Å². The number of sulfonamides is 1. The van der Waals surface area contributed by atoms with Gasteiger partial charge >= 0.3 is 0 Å². The maximum atomic E-state index is 14.5. The van der Waals surface area contributed by atoms with E-state index in [1.54, 1.807) is 30.3 Å². The number of halogens is 2. The second-order valence-electron chi connectivity index (χ2n) is 11.5. The van der Waals surface area contributed by atoms with Crippen molar-refractivity contribution in [3.05, 3.63) is 125 Å². The fourth-order valence-electron chi connectivity index (χ4n) is 5.74. The molecule has 1 fully saturated rings. The van der Waals surface area contributed by atoms with Crippen molar-refractivity contribution in [3.63, 3.8) is 0 Å². The van der Waals surface area contributed by atoms with Crippen LogP contribution in [-0.2, 0) is 32.6 Å². The van der Waals surface area contributed by atoms with E-state index in [1.165, 1.54) is 54.5 Å². The molecule has 47 heavy (non-hydrogen) atoms. The molecule has 1 atom stereocenters. The standard InChI is InChI=1S/C36H37ClFN3O5S/c1-46-32-18-20-33(21-19-32)47(44,45)41(31-13-7-10-28(37)23-31)25-35(42)40(24-27-14-16-29(38)17-15-27)34(22-26-8-3-2-4-9-26)36(43)39-30-11-5-6-12-30/h2-4,7-10,13-21,23,30,34H,5-6,11-12,22,24-25H2,1H3,(H,39,43)/t34-/m0/s1. The maximum absolute atomic E-state index is 14.5. The average Bonchev–Trinajstić information content (AvgIpc) is 3.59. The summed E-state index contributed by atoms with van der Waals surface area (Å²) in [7, 11) is -2.83. The number of amides is 2. The minimum absolute atomic E-state index is 0.0121. The van der Waals surface area contributed by atoms with Crippen LogP contribution in [0.3, 0.4) is 0 Å². The summed E-state index contributed by atoms with van der Waals surface area (Å²) in [5, 5.41) is 3.42. The molecule has 4 aromatic carbocycles. The Kier molecular flexibility index (Phi) is 11.2. The third kappa shape index (κ3) is 8.69. The van der Waals surface area contributed by atoms with Crippen molar-refractivity contribution < 1.29 is 27.1 Å². The first-order chi connectivity index (χ1) is 22.6. The molecule has 1 saturated carbocycles. The zero-order chi connectivity index (χ0) is 33.4. The van der Waals surface area contributed by atoms with Gasteiger partial charge in [-0.25, -0.2) is 12.8 Å². The lowest BCUT2D eigenvalue weighted by molar-refractivity contribution is -0.140. The van der Waals surface area contributed by atoms with Gasteiger partial charge in [0.15, 0.2) is 0 Å². The van der Waals surface area contributed by atoms with E-state index in [0.717, 1.165) is 35.6 Å². The van der Waals surface area contributed by atoms with Crippen LogP contribution in [0.1, 0.15) is 36.8 Å². The van der Waals surface area contributed by atoms with E-state index in [-0.39, 0.29) is 40.5 Å². The Morgan fingerprint density at radius 2 is 1.60 bits per heavy atom. The fraction of sp³-hybridized carbons (Fsp3) is 0.278. The molecule has 0 unspecified atom stereocenters. The summed E-state index contributed by atoms with van der Waals surface area (Å²) in [5.74, 6) is -0.918. The van der Waals surface area contributed by atoms with Crippen LogP contribution >= 0.6 is 11.6 Å². The summed E-state index contributed by atoms with van der Waals surface area (Å²) in [6.07, 6.45) is 3.89. The van der Waals surface area contributed by atoms with Crippen molar-refractivity contribution in [3.8, 4) is 5.75 Å². The molecule has 0 spiro atoms. The second-order valence-corrected chi connectivity index (χ2v) is 13.8. The topological polar surface area (TPSA) is 96.0 Å². The molecule has 1 N–H and O–H groups in total. The molecule has 8 nitrogen and oxygen atoms in total. The summed E-state index contributed by atoms with van der Waals surface area (Å²) in [6, 6.07) is 26.1. The molecule has 0 aromatic heterocycles. The zero-order valence-electron chi connectivity index (χ0n) is 26.0. The predicted octanol–water partition coefficient (Wildman–Crippen LogP) is 6.38.